The topological polar surface area (TPSA) is 67.6 Å². The van der Waals surface area contributed by atoms with Gasteiger partial charge in [0.05, 0.1) is 12.5 Å². The molecule has 0 radical (unpaired) electrons. The zero-order valence-electron chi connectivity index (χ0n) is 15.0. The number of benzene rings is 1. The molecule has 2 rings (SSSR count). The molecule has 0 bridgehead atoms. The number of nitrogens with two attached hydrogens (primary N) is 1. The van der Waals surface area contributed by atoms with Gasteiger partial charge in [-0.2, -0.15) is 0 Å². The Balaban J connectivity index is 0.00000288. The standard InChI is InChI=1S/C18H29N3O2.2ClH/c1-14(15-6-4-3-5-7-15)21-10-8-16(9-11-21)20-18(22)12-17(13-19)23-2;;/h3-7,14,16-17H,8-13,19H2,1-2H3,(H,20,22);2*1H. The molecule has 7 heteroatoms. The van der Waals surface area contributed by atoms with Crippen LogP contribution >= 0.6 is 24.8 Å². The molecule has 25 heavy (non-hydrogen) atoms. The van der Waals surface area contributed by atoms with Gasteiger partial charge >= 0.3 is 0 Å². The zero-order chi connectivity index (χ0) is 16.7. The van der Waals surface area contributed by atoms with Gasteiger partial charge in [0.1, 0.15) is 0 Å². The summed E-state index contributed by atoms with van der Waals surface area (Å²) >= 11 is 0. The second kappa shape index (κ2) is 12.5. The zero-order valence-corrected chi connectivity index (χ0v) is 16.7. The van der Waals surface area contributed by atoms with E-state index in [0.29, 0.717) is 19.0 Å². The van der Waals surface area contributed by atoms with Gasteiger partial charge in [-0.3, -0.25) is 9.69 Å². The van der Waals surface area contributed by atoms with Crippen LogP contribution in [0, 0.1) is 0 Å². The van der Waals surface area contributed by atoms with Gasteiger partial charge in [-0.25, -0.2) is 0 Å². The van der Waals surface area contributed by atoms with Crippen molar-refractivity contribution in [3.8, 4) is 0 Å². The number of likely N-dealkylation sites (tertiary alicyclic amines) is 1. The lowest BCUT2D eigenvalue weighted by atomic mass is 10.00. The fourth-order valence-corrected chi connectivity index (χ4v) is 3.13. The average Bonchev–Trinajstić information content (AvgIpc) is 2.60. The van der Waals surface area contributed by atoms with Gasteiger partial charge in [0.15, 0.2) is 0 Å². The van der Waals surface area contributed by atoms with Crippen molar-refractivity contribution in [3.05, 3.63) is 35.9 Å². The SMILES string of the molecule is COC(CN)CC(=O)NC1CCN(C(C)c2ccccc2)CC1.Cl.Cl. The molecule has 1 heterocycles. The van der Waals surface area contributed by atoms with Gasteiger partial charge in [-0.1, -0.05) is 30.3 Å². The first-order valence-corrected chi connectivity index (χ1v) is 8.45. The highest BCUT2D eigenvalue weighted by molar-refractivity contribution is 5.85. The lowest BCUT2D eigenvalue weighted by Crippen LogP contribution is -2.46. The Morgan fingerprint density at radius 3 is 2.40 bits per heavy atom. The van der Waals surface area contributed by atoms with Crippen molar-refractivity contribution in [3.63, 3.8) is 0 Å². The van der Waals surface area contributed by atoms with Crippen molar-refractivity contribution in [1.82, 2.24) is 10.2 Å². The third-order valence-corrected chi connectivity index (χ3v) is 4.73. The molecule has 0 aliphatic carbocycles. The number of hydrogen-bond donors (Lipinski definition) is 2. The molecule has 1 aromatic carbocycles. The van der Waals surface area contributed by atoms with Crippen LogP contribution in [0.3, 0.4) is 0 Å². The molecule has 3 N–H and O–H groups in total. The predicted molar refractivity (Wildman–Crippen MR) is 107 cm³/mol. The van der Waals surface area contributed by atoms with E-state index in [2.05, 4.69) is 41.4 Å². The molecule has 1 saturated heterocycles. The molecule has 144 valence electrons. The summed E-state index contributed by atoms with van der Waals surface area (Å²) in [4.78, 5) is 14.5. The monoisotopic (exact) mass is 391 g/mol. The number of amides is 1. The minimum atomic E-state index is -0.187. The van der Waals surface area contributed by atoms with Crippen LogP contribution in [-0.4, -0.2) is 49.7 Å². The largest absolute Gasteiger partial charge is 0.380 e. The van der Waals surface area contributed by atoms with Gasteiger partial charge in [0, 0.05) is 38.8 Å². The minimum absolute atomic E-state index is 0. The molecule has 2 atom stereocenters. The van der Waals surface area contributed by atoms with Gasteiger partial charge < -0.3 is 15.8 Å². The lowest BCUT2D eigenvalue weighted by Gasteiger charge is -2.36. The summed E-state index contributed by atoms with van der Waals surface area (Å²) in [5.41, 5.74) is 6.91. The number of rotatable bonds is 7. The maximum Gasteiger partial charge on any atom is 0.222 e. The first-order valence-electron chi connectivity index (χ1n) is 8.45. The number of methoxy groups -OCH3 is 1. The van der Waals surface area contributed by atoms with E-state index in [4.69, 9.17) is 10.5 Å². The third-order valence-electron chi connectivity index (χ3n) is 4.73. The van der Waals surface area contributed by atoms with Crippen LogP contribution < -0.4 is 11.1 Å². The highest BCUT2D eigenvalue weighted by atomic mass is 35.5. The van der Waals surface area contributed by atoms with Crippen LogP contribution in [0.25, 0.3) is 0 Å². The van der Waals surface area contributed by atoms with Crippen LogP contribution in [0.1, 0.15) is 37.8 Å². The van der Waals surface area contributed by atoms with Crippen LogP contribution in [0.4, 0.5) is 0 Å². The van der Waals surface area contributed by atoms with Crippen molar-refractivity contribution in [2.45, 2.75) is 44.4 Å². The number of carbonyl (C=O) groups excluding carboxylic acids is 1. The van der Waals surface area contributed by atoms with Crippen LogP contribution in [0.2, 0.25) is 0 Å². The van der Waals surface area contributed by atoms with E-state index in [1.807, 2.05) is 6.07 Å². The minimum Gasteiger partial charge on any atom is -0.380 e. The smallest absolute Gasteiger partial charge is 0.222 e. The second-order valence-corrected chi connectivity index (χ2v) is 6.26. The van der Waals surface area contributed by atoms with E-state index in [-0.39, 0.29) is 42.9 Å². The molecule has 0 spiro atoms. The van der Waals surface area contributed by atoms with E-state index >= 15 is 0 Å². The molecule has 2 unspecified atom stereocenters. The number of piperidine rings is 1. The number of nitrogens with zero attached hydrogens (tertiary/aromatic N) is 1. The Labute approximate surface area is 163 Å². The lowest BCUT2D eigenvalue weighted by molar-refractivity contribution is -0.124. The normalized spacial score (nSPS) is 17.7. The summed E-state index contributed by atoms with van der Waals surface area (Å²) in [5.74, 6) is 0.0388. The molecule has 1 aromatic rings. The van der Waals surface area contributed by atoms with Crippen molar-refractivity contribution in [2.75, 3.05) is 26.7 Å². The average molecular weight is 392 g/mol. The van der Waals surface area contributed by atoms with Crippen molar-refractivity contribution < 1.29 is 9.53 Å². The van der Waals surface area contributed by atoms with Gasteiger partial charge in [-0.15, -0.1) is 24.8 Å². The van der Waals surface area contributed by atoms with Crippen LogP contribution in [0.5, 0.6) is 0 Å². The van der Waals surface area contributed by atoms with Crippen LogP contribution in [0.15, 0.2) is 30.3 Å². The van der Waals surface area contributed by atoms with E-state index in [1.54, 1.807) is 7.11 Å². The fourth-order valence-electron chi connectivity index (χ4n) is 3.13. The summed E-state index contributed by atoms with van der Waals surface area (Å²) < 4.78 is 5.16. The molecule has 1 aliphatic heterocycles. The van der Waals surface area contributed by atoms with Crippen molar-refractivity contribution >= 4 is 30.7 Å². The first-order chi connectivity index (χ1) is 11.1. The second-order valence-electron chi connectivity index (χ2n) is 6.26. The Morgan fingerprint density at radius 2 is 1.88 bits per heavy atom. The fraction of sp³-hybridized carbons (Fsp3) is 0.611. The Bertz CT molecular complexity index is 478. The summed E-state index contributed by atoms with van der Waals surface area (Å²) in [6.07, 6.45) is 2.13. The summed E-state index contributed by atoms with van der Waals surface area (Å²) in [5, 5.41) is 3.12. The molecule has 1 fully saturated rings. The molecule has 0 aromatic heterocycles. The quantitative estimate of drug-likeness (QED) is 0.749. The van der Waals surface area contributed by atoms with E-state index in [1.165, 1.54) is 5.56 Å². The third kappa shape index (κ3) is 7.50. The van der Waals surface area contributed by atoms with Gasteiger partial charge in [-0.05, 0) is 25.3 Å². The highest BCUT2D eigenvalue weighted by Gasteiger charge is 2.24. The van der Waals surface area contributed by atoms with Gasteiger partial charge in [0.2, 0.25) is 5.91 Å². The van der Waals surface area contributed by atoms with E-state index < -0.39 is 0 Å². The number of carbonyl (C=O) groups is 1. The molecule has 1 amide bonds. The van der Waals surface area contributed by atoms with Crippen LogP contribution in [-0.2, 0) is 9.53 Å². The van der Waals surface area contributed by atoms with Crippen molar-refractivity contribution in [1.29, 1.82) is 0 Å². The van der Waals surface area contributed by atoms with Gasteiger partial charge in [0.25, 0.3) is 0 Å². The molecular weight excluding hydrogens is 361 g/mol. The first kappa shape index (κ1) is 24.1. The summed E-state index contributed by atoms with van der Waals surface area (Å²) in [6, 6.07) is 11.3. The molecule has 0 saturated carbocycles. The Hall–Kier alpha value is -0.850. The van der Waals surface area contributed by atoms with Crippen molar-refractivity contribution in [2.24, 2.45) is 5.73 Å². The summed E-state index contributed by atoms with van der Waals surface area (Å²) in [6.45, 7) is 4.63. The number of hydrogen-bond acceptors (Lipinski definition) is 4. The highest BCUT2D eigenvalue weighted by Crippen LogP contribution is 2.24. The Kier molecular flexibility index (Phi) is 12.1. The van der Waals surface area contributed by atoms with E-state index in [0.717, 1.165) is 25.9 Å². The molecule has 1 aliphatic rings. The number of ether oxygens (including phenoxy) is 1. The Morgan fingerprint density at radius 1 is 1.28 bits per heavy atom. The maximum atomic E-state index is 12.0. The molecule has 5 nitrogen and oxygen atoms in total. The summed E-state index contributed by atoms with van der Waals surface area (Å²) in [7, 11) is 1.59. The number of nitrogens with one attached hydrogen (secondary N) is 1. The van der Waals surface area contributed by atoms with E-state index in [9.17, 15) is 4.79 Å². The predicted octanol–water partition coefficient (Wildman–Crippen LogP) is 2.54. The maximum absolute atomic E-state index is 12.0. The number of halogens is 2. The molecular formula is C18H31Cl2N3O2.